The van der Waals surface area contributed by atoms with Gasteiger partial charge in [-0.3, -0.25) is 4.98 Å². The van der Waals surface area contributed by atoms with Crippen LogP contribution in [0.2, 0.25) is 0 Å². The highest BCUT2D eigenvalue weighted by atomic mass is 14.9. The van der Waals surface area contributed by atoms with Gasteiger partial charge in [0.25, 0.3) is 0 Å². The molecule has 5 heteroatoms. The molecule has 0 atom stereocenters. The summed E-state index contributed by atoms with van der Waals surface area (Å²) < 4.78 is 0. The normalized spacial score (nSPS) is 10.7. The van der Waals surface area contributed by atoms with Crippen molar-refractivity contribution < 1.29 is 0 Å². The molecule has 0 aromatic carbocycles. The fraction of sp³-hybridized carbons (Fsp3) is 0.429. The Morgan fingerprint density at radius 1 is 1.05 bits per heavy atom. The minimum absolute atomic E-state index is 0.619. The number of hydrogen-bond acceptors (Lipinski definition) is 5. The van der Waals surface area contributed by atoms with Gasteiger partial charge in [-0.15, -0.1) is 0 Å². The maximum atomic E-state index is 5.68. The van der Waals surface area contributed by atoms with E-state index in [1.54, 1.807) is 18.6 Å². The van der Waals surface area contributed by atoms with E-state index < -0.39 is 0 Å². The summed E-state index contributed by atoms with van der Waals surface area (Å²) in [7, 11) is 0. The van der Waals surface area contributed by atoms with Crippen molar-refractivity contribution in [2.75, 3.05) is 6.54 Å². The summed E-state index contributed by atoms with van der Waals surface area (Å²) in [5, 5.41) is 0. The molecular weight excluding hydrogens is 238 g/mol. The van der Waals surface area contributed by atoms with Crippen LogP contribution in [0.4, 0.5) is 0 Å². The van der Waals surface area contributed by atoms with Crippen LogP contribution in [-0.4, -0.2) is 26.5 Å². The second-order valence-corrected chi connectivity index (χ2v) is 4.26. The molecule has 100 valence electrons. The largest absolute Gasteiger partial charge is 0.330 e. The molecule has 2 heterocycles. The highest BCUT2D eigenvalue weighted by molar-refractivity contribution is 5.49. The number of aryl methyl sites for hydroxylation is 2. The summed E-state index contributed by atoms with van der Waals surface area (Å²) in [6.45, 7) is 4.82. The van der Waals surface area contributed by atoms with Crippen molar-refractivity contribution in [3.05, 3.63) is 35.5 Å². The van der Waals surface area contributed by atoms with Gasteiger partial charge in [0.1, 0.15) is 5.69 Å². The lowest BCUT2D eigenvalue weighted by Gasteiger charge is -2.12. The molecule has 0 fully saturated rings. The summed E-state index contributed by atoms with van der Waals surface area (Å²) in [6, 6.07) is 0. The summed E-state index contributed by atoms with van der Waals surface area (Å²) in [4.78, 5) is 17.6. The van der Waals surface area contributed by atoms with Gasteiger partial charge in [-0.1, -0.05) is 13.8 Å². The minimum atomic E-state index is 0.619. The average Bonchev–Trinajstić information content (AvgIpc) is 2.48. The Morgan fingerprint density at radius 3 is 2.21 bits per heavy atom. The molecule has 0 radical (unpaired) electrons. The Balaban J connectivity index is 2.53. The first kappa shape index (κ1) is 13.5. The van der Waals surface area contributed by atoms with Crippen LogP contribution in [0.25, 0.3) is 11.5 Å². The zero-order valence-corrected chi connectivity index (χ0v) is 11.4. The third kappa shape index (κ3) is 2.93. The maximum absolute atomic E-state index is 5.68. The SMILES string of the molecule is CCc1nc(-c2cnccn2)nc(CC)c1CCN. The first-order chi connectivity index (χ1) is 9.30. The van der Waals surface area contributed by atoms with Crippen molar-refractivity contribution >= 4 is 0 Å². The molecule has 5 nitrogen and oxygen atoms in total. The predicted molar refractivity (Wildman–Crippen MR) is 74.6 cm³/mol. The van der Waals surface area contributed by atoms with E-state index in [0.717, 1.165) is 30.7 Å². The Hall–Kier alpha value is -1.88. The fourth-order valence-electron chi connectivity index (χ4n) is 2.13. The monoisotopic (exact) mass is 257 g/mol. The van der Waals surface area contributed by atoms with Crippen LogP contribution in [0.5, 0.6) is 0 Å². The van der Waals surface area contributed by atoms with Crippen molar-refractivity contribution in [1.29, 1.82) is 0 Å². The lowest BCUT2D eigenvalue weighted by molar-refractivity contribution is 0.842. The van der Waals surface area contributed by atoms with E-state index in [0.29, 0.717) is 18.1 Å². The van der Waals surface area contributed by atoms with Gasteiger partial charge in [0.2, 0.25) is 0 Å². The molecule has 0 aliphatic rings. The summed E-state index contributed by atoms with van der Waals surface area (Å²) >= 11 is 0. The molecule has 0 aliphatic heterocycles. The first-order valence-corrected chi connectivity index (χ1v) is 6.65. The van der Waals surface area contributed by atoms with Crippen molar-refractivity contribution in [3.8, 4) is 11.5 Å². The third-order valence-electron chi connectivity index (χ3n) is 3.03. The van der Waals surface area contributed by atoms with Crippen LogP contribution in [0.3, 0.4) is 0 Å². The van der Waals surface area contributed by atoms with Gasteiger partial charge in [0.05, 0.1) is 6.20 Å². The van der Waals surface area contributed by atoms with E-state index in [9.17, 15) is 0 Å². The molecule has 0 aliphatic carbocycles. The highest BCUT2D eigenvalue weighted by Gasteiger charge is 2.13. The molecule has 19 heavy (non-hydrogen) atoms. The van der Waals surface area contributed by atoms with E-state index in [1.165, 1.54) is 5.56 Å². The molecule has 2 rings (SSSR count). The lowest BCUT2D eigenvalue weighted by atomic mass is 10.0. The van der Waals surface area contributed by atoms with E-state index in [-0.39, 0.29) is 0 Å². The van der Waals surface area contributed by atoms with Gasteiger partial charge in [-0.25, -0.2) is 15.0 Å². The van der Waals surface area contributed by atoms with E-state index in [2.05, 4.69) is 33.8 Å². The van der Waals surface area contributed by atoms with Gasteiger partial charge >= 0.3 is 0 Å². The molecule has 0 saturated carbocycles. The Kier molecular flexibility index (Phi) is 4.52. The molecule has 0 bridgehead atoms. The van der Waals surface area contributed by atoms with Gasteiger partial charge in [0, 0.05) is 23.8 Å². The summed E-state index contributed by atoms with van der Waals surface area (Å²) in [6.07, 6.45) is 7.57. The van der Waals surface area contributed by atoms with Crippen molar-refractivity contribution in [3.63, 3.8) is 0 Å². The maximum Gasteiger partial charge on any atom is 0.180 e. The first-order valence-electron chi connectivity index (χ1n) is 6.65. The van der Waals surface area contributed by atoms with Crippen LogP contribution in [0, 0.1) is 0 Å². The molecule has 0 saturated heterocycles. The third-order valence-corrected chi connectivity index (χ3v) is 3.03. The number of nitrogens with two attached hydrogens (primary N) is 1. The molecule has 2 aromatic rings. The van der Waals surface area contributed by atoms with E-state index >= 15 is 0 Å². The van der Waals surface area contributed by atoms with Crippen LogP contribution in [-0.2, 0) is 19.3 Å². The minimum Gasteiger partial charge on any atom is -0.330 e. The molecule has 0 amide bonds. The van der Waals surface area contributed by atoms with Gasteiger partial charge in [-0.2, -0.15) is 0 Å². The topological polar surface area (TPSA) is 77.6 Å². The number of rotatable bonds is 5. The van der Waals surface area contributed by atoms with Crippen molar-refractivity contribution in [2.45, 2.75) is 33.1 Å². The van der Waals surface area contributed by atoms with Crippen LogP contribution < -0.4 is 5.73 Å². The van der Waals surface area contributed by atoms with Gasteiger partial charge in [-0.05, 0) is 31.4 Å². The quantitative estimate of drug-likeness (QED) is 0.879. The number of nitrogens with zero attached hydrogens (tertiary/aromatic N) is 4. The molecule has 2 N–H and O–H groups in total. The van der Waals surface area contributed by atoms with E-state index in [1.807, 2.05) is 0 Å². The van der Waals surface area contributed by atoms with Gasteiger partial charge < -0.3 is 5.73 Å². The smallest absolute Gasteiger partial charge is 0.180 e. The Bertz CT molecular complexity index is 514. The zero-order valence-electron chi connectivity index (χ0n) is 11.4. The summed E-state index contributed by atoms with van der Waals surface area (Å²) in [5.41, 5.74) is 9.72. The fourth-order valence-corrected chi connectivity index (χ4v) is 2.13. The van der Waals surface area contributed by atoms with Crippen LogP contribution >= 0.6 is 0 Å². The molecule has 0 unspecified atom stereocenters. The standard InChI is InChI=1S/C14H19N5/c1-3-11-10(5-6-15)12(4-2)19-14(18-11)13-9-16-7-8-17-13/h7-9H,3-6,15H2,1-2H3. The molecular formula is C14H19N5. The Morgan fingerprint density at radius 2 is 1.74 bits per heavy atom. The van der Waals surface area contributed by atoms with Crippen molar-refractivity contribution in [1.82, 2.24) is 19.9 Å². The van der Waals surface area contributed by atoms with E-state index in [4.69, 9.17) is 5.73 Å². The highest BCUT2D eigenvalue weighted by Crippen LogP contribution is 2.18. The zero-order chi connectivity index (χ0) is 13.7. The second kappa shape index (κ2) is 6.33. The second-order valence-electron chi connectivity index (χ2n) is 4.26. The molecule has 2 aromatic heterocycles. The lowest BCUT2D eigenvalue weighted by Crippen LogP contribution is -2.12. The molecule has 0 spiro atoms. The number of aromatic nitrogens is 4. The average molecular weight is 257 g/mol. The Labute approximate surface area is 113 Å². The number of hydrogen-bond donors (Lipinski definition) is 1. The van der Waals surface area contributed by atoms with Crippen LogP contribution in [0.1, 0.15) is 30.8 Å². The predicted octanol–water partition coefficient (Wildman–Crippen LogP) is 1.56. The summed E-state index contributed by atoms with van der Waals surface area (Å²) in [5.74, 6) is 0.655. The van der Waals surface area contributed by atoms with Crippen molar-refractivity contribution in [2.24, 2.45) is 5.73 Å². The van der Waals surface area contributed by atoms with Crippen LogP contribution in [0.15, 0.2) is 18.6 Å². The van der Waals surface area contributed by atoms with Gasteiger partial charge in [0.15, 0.2) is 5.82 Å².